The molecule has 0 aliphatic carbocycles. The van der Waals surface area contributed by atoms with E-state index >= 15 is 4.39 Å². The summed E-state index contributed by atoms with van der Waals surface area (Å²) in [5.41, 5.74) is 1.72. The quantitative estimate of drug-likeness (QED) is 0.454. The number of carbonyl (C=O) groups is 2. The number of halogens is 1. The van der Waals surface area contributed by atoms with E-state index in [1.165, 1.54) is 17.0 Å². The highest BCUT2D eigenvalue weighted by Crippen LogP contribution is 2.33. The molecule has 0 bridgehead atoms. The minimum absolute atomic E-state index is 0.103. The van der Waals surface area contributed by atoms with E-state index in [0.29, 0.717) is 67.1 Å². The van der Waals surface area contributed by atoms with Crippen LogP contribution in [0.5, 0.6) is 11.5 Å². The summed E-state index contributed by atoms with van der Waals surface area (Å²) in [6.07, 6.45) is 2.41. The summed E-state index contributed by atoms with van der Waals surface area (Å²) in [6, 6.07) is 10.2. The van der Waals surface area contributed by atoms with Gasteiger partial charge in [-0.05, 0) is 48.9 Å². The summed E-state index contributed by atoms with van der Waals surface area (Å²) in [4.78, 5) is 30.6. The molecule has 9 nitrogen and oxygen atoms in total. The number of nitrogens with one attached hydrogen (secondary N) is 1. The number of carbonyl (C=O) groups excluding carboxylic acids is 2. The van der Waals surface area contributed by atoms with Gasteiger partial charge in [0.2, 0.25) is 12.7 Å². The largest absolute Gasteiger partial charge is 0.454 e. The number of piperazine rings is 1. The summed E-state index contributed by atoms with van der Waals surface area (Å²) in [5.74, 6) is 0.826. The molecule has 1 N–H and O–H groups in total. The number of rotatable bonds is 6. The van der Waals surface area contributed by atoms with Crippen molar-refractivity contribution in [1.29, 1.82) is 0 Å². The zero-order valence-corrected chi connectivity index (χ0v) is 21.1. The van der Waals surface area contributed by atoms with Gasteiger partial charge in [-0.3, -0.25) is 9.69 Å². The Kier molecular flexibility index (Phi) is 7.13. The van der Waals surface area contributed by atoms with Crippen molar-refractivity contribution in [3.63, 3.8) is 0 Å². The Hall–Kier alpha value is -3.86. The fourth-order valence-electron chi connectivity index (χ4n) is 4.47. The lowest BCUT2D eigenvalue weighted by Gasteiger charge is -2.36. The standard InChI is InChI=1S/C26H27FN4O5S/c1-17(37)28-14-20-15-31(26(33)36-20)19-4-5-22(21(27)13-19)29-8-10-30(11-9-29)25(32)7-3-18-2-6-23-24(12-18)35-16-34-23/h2-7,12-13,20H,8-11,14-16H2,1H3,(H,28,37)/t20-/m0/s1. The van der Waals surface area contributed by atoms with E-state index in [1.807, 2.05) is 23.1 Å². The van der Waals surface area contributed by atoms with Crippen molar-refractivity contribution in [2.24, 2.45) is 0 Å². The summed E-state index contributed by atoms with van der Waals surface area (Å²) >= 11 is 4.99. The number of thiocarbonyl (C=S) groups is 1. The minimum atomic E-state index is -0.512. The molecule has 3 heterocycles. The molecule has 37 heavy (non-hydrogen) atoms. The zero-order chi connectivity index (χ0) is 25.9. The Labute approximate surface area is 219 Å². The van der Waals surface area contributed by atoms with Gasteiger partial charge in [-0.2, -0.15) is 0 Å². The molecule has 2 aromatic rings. The average molecular weight is 527 g/mol. The Bertz CT molecular complexity index is 1250. The molecule has 2 fully saturated rings. The average Bonchev–Trinajstić information content (AvgIpc) is 3.52. The lowest BCUT2D eigenvalue weighted by molar-refractivity contribution is -0.126. The van der Waals surface area contributed by atoms with Crippen molar-refractivity contribution in [2.75, 3.05) is 55.9 Å². The molecule has 11 heteroatoms. The third kappa shape index (κ3) is 5.61. The summed E-state index contributed by atoms with van der Waals surface area (Å²) in [5, 5.41) is 2.99. The molecular formula is C26H27FN4O5S. The second-order valence-corrected chi connectivity index (χ2v) is 9.56. The van der Waals surface area contributed by atoms with E-state index in [4.69, 9.17) is 26.4 Å². The molecule has 0 spiro atoms. The number of benzene rings is 2. The highest BCUT2D eigenvalue weighted by molar-refractivity contribution is 7.80. The van der Waals surface area contributed by atoms with Gasteiger partial charge in [-0.15, -0.1) is 0 Å². The van der Waals surface area contributed by atoms with Gasteiger partial charge in [-0.1, -0.05) is 18.3 Å². The molecule has 0 saturated carbocycles. The molecule has 2 amide bonds. The van der Waals surface area contributed by atoms with Crippen LogP contribution in [0.3, 0.4) is 0 Å². The number of nitrogens with zero attached hydrogens (tertiary/aromatic N) is 3. The van der Waals surface area contributed by atoms with Gasteiger partial charge in [0.25, 0.3) is 0 Å². The summed E-state index contributed by atoms with van der Waals surface area (Å²) in [6.45, 7) is 4.61. The number of anilines is 2. The minimum Gasteiger partial charge on any atom is -0.454 e. The molecule has 2 saturated heterocycles. The Balaban J connectivity index is 1.15. The third-order valence-electron chi connectivity index (χ3n) is 6.44. The summed E-state index contributed by atoms with van der Waals surface area (Å²) in [7, 11) is 0. The fourth-order valence-corrected chi connectivity index (χ4v) is 4.56. The fraction of sp³-hybridized carbons (Fsp3) is 0.346. The van der Waals surface area contributed by atoms with Gasteiger partial charge < -0.3 is 29.3 Å². The van der Waals surface area contributed by atoms with Gasteiger partial charge in [0.05, 0.1) is 29.5 Å². The Morgan fingerprint density at radius 1 is 1.14 bits per heavy atom. The maximum atomic E-state index is 15.1. The number of cyclic esters (lactones) is 1. The monoisotopic (exact) mass is 526 g/mol. The van der Waals surface area contributed by atoms with Crippen LogP contribution in [0.15, 0.2) is 42.5 Å². The Morgan fingerprint density at radius 2 is 1.92 bits per heavy atom. The topological polar surface area (TPSA) is 83.6 Å². The maximum Gasteiger partial charge on any atom is 0.414 e. The van der Waals surface area contributed by atoms with Crippen LogP contribution in [0.2, 0.25) is 0 Å². The highest BCUT2D eigenvalue weighted by atomic mass is 32.1. The molecule has 1 atom stereocenters. The first-order valence-electron chi connectivity index (χ1n) is 12.0. The van der Waals surface area contributed by atoms with Crippen LogP contribution < -0.4 is 24.6 Å². The van der Waals surface area contributed by atoms with Crippen LogP contribution in [-0.4, -0.2) is 74.1 Å². The van der Waals surface area contributed by atoms with Crippen molar-refractivity contribution < 1.29 is 28.2 Å². The van der Waals surface area contributed by atoms with Gasteiger partial charge >= 0.3 is 6.09 Å². The van der Waals surface area contributed by atoms with Gasteiger partial charge in [0, 0.05) is 32.3 Å². The molecule has 2 aromatic carbocycles. The second-order valence-electron chi connectivity index (χ2n) is 8.95. The van der Waals surface area contributed by atoms with E-state index in [0.717, 1.165) is 5.56 Å². The molecule has 0 aromatic heterocycles. The van der Waals surface area contributed by atoms with Crippen LogP contribution in [0, 0.1) is 5.82 Å². The molecule has 5 rings (SSSR count). The first-order valence-corrected chi connectivity index (χ1v) is 12.4. The molecule has 3 aliphatic rings. The van der Waals surface area contributed by atoms with E-state index in [-0.39, 0.29) is 18.8 Å². The number of fused-ring (bicyclic) bond motifs is 1. The van der Waals surface area contributed by atoms with E-state index in [2.05, 4.69) is 5.32 Å². The van der Waals surface area contributed by atoms with Gasteiger partial charge in [-0.25, -0.2) is 9.18 Å². The number of hydrogen-bond donors (Lipinski definition) is 1. The van der Waals surface area contributed by atoms with Crippen molar-refractivity contribution in [1.82, 2.24) is 10.2 Å². The second kappa shape index (κ2) is 10.6. The first kappa shape index (κ1) is 24.8. The van der Waals surface area contributed by atoms with Gasteiger partial charge in [0.1, 0.15) is 11.9 Å². The SMILES string of the molecule is CC(=S)NC[C@H]1CN(c2ccc(N3CCN(C(=O)C=Cc4ccc5c(c4)OCO5)CC3)c(F)c2)C(=O)O1. The highest BCUT2D eigenvalue weighted by Gasteiger charge is 2.33. The number of ether oxygens (including phenoxy) is 3. The van der Waals surface area contributed by atoms with Crippen LogP contribution in [0.4, 0.5) is 20.6 Å². The van der Waals surface area contributed by atoms with E-state index in [9.17, 15) is 9.59 Å². The van der Waals surface area contributed by atoms with Crippen LogP contribution in [-0.2, 0) is 9.53 Å². The van der Waals surface area contributed by atoms with Crippen molar-refractivity contribution in [3.8, 4) is 11.5 Å². The lowest BCUT2D eigenvalue weighted by atomic mass is 10.1. The normalized spacial score (nSPS) is 18.9. The van der Waals surface area contributed by atoms with Gasteiger partial charge in [0.15, 0.2) is 11.5 Å². The zero-order valence-electron chi connectivity index (χ0n) is 20.3. The van der Waals surface area contributed by atoms with Crippen molar-refractivity contribution in [3.05, 3.63) is 53.9 Å². The lowest BCUT2D eigenvalue weighted by Crippen LogP contribution is -2.48. The van der Waals surface area contributed by atoms with Crippen molar-refractivity contribution >= 4 is 46.7 Å². The van der Waals surface area contributed by atoms with Crippen LogP contribution >= 0.6 is 12.2 Å². The van der Waals surface area contributed by atoms with E-state index in [1.54, 1.807) is 30.0 Å². The van der Waals surface area contributed by atoms with E-state index < -0.39 is 11.9 Å². The summed E-state index contributed by atoms with van der Waals surface area (Å²) < 4.78 is 31.1. The first-order chi connectivity index (χ1) is 17.9. The molecule has 0 unspecified atom stereocenters. The van der Waals surface area contributed by atoms with Crippen molar-refractivity contribution in [2.45, 2.75) is 13.0 Å². The van der Waals surface area contributed by atoms with Crippen LogP contribution in [0.1, 0.15) is 12.5 Å². The molecule has 3 aliphatic heterocycles. The predicted molar refractivity (Wildman–Crippen MR) is 141 cm³/mol. The maximum absolute atomic E-state index is 15.1. The van der Waals surface area contributed by atoms with Crippen LogP contribution in [0.25, 0.3) is 6.08 Å². The number of amides is 2. The molecule has 194 valence electrons. The Morgan fingerprint density at radius 3 is 2.68 bits per heavy atom. The smallest absolute Gasteiger partial charge is 0.414 e. The third-order valence-corrected chi connectivity index (χ3v) is 6.59. The molecular weight excluding hydrogens is 499 g/mol. The predicted octanol–water partition coefficient (Wildman–Crippen LogP) is 3.18. The number of hydrogen-bond acceptors (Lipinski definition) is 7. The molecule has 0 radical (unpaired) electrons.